The summed E-state index contributed by atoms with van der Waals surface area (Å²) in [6.07, 6.45) is 0. The summed E-state index contributed by atoms with van der Waals surface area (Å²) in [5, 5.41) is 3.45. The van der Waals surface area contributed by atoms with E-state index in [1.54, 1.807) is 0 Å². The molecule has 62 valence electrons. The van der Waals surface area contributed by atoms with Gasteiger partial charge in [-0.15, -0.1) is 0 Å². The second kappa shape index (κ2) is 3.43. The normalized spacial score (nSPS) is 9.25. The van der Waals surface area contributed by atoms with Gasteiger partial charge in [0.05, 0.1) is 10.7 Å². The van der Waals surface area contributed by atoms with Gasteiger partial charge in [0.15, 0.2) is 0 Å². The molecule has 0 saturated carbocycles. The molecule has 5 heteroatoms. The standard InChI is InChI=1S/C7H5ClFN3/c1-4-5(9)2-3-6(7(4)8)11-12-10/h2-3H,1H3. The van der Waals surface area contributed by atoms with Crippen LogP contribution in [0.15, 0.2) is 17.2 Å². The van der Waals surface area contributed by atoms with Gasteiger partial charge in [0.2, 0.25) is 0 Å². The topological polar surface area (TPSA) is 48.8 Å². The van der Waals surface area contributed by atoms with Crippen LogP contribution in [0.1, 0.15) is 5.56 Å². The van der Waals surface area contributed by atoms with Crippen molar-refractivity contribution in [3.63, 3.8) is 0 Å². The minimum atomic E-state index is -0.406. The number of rotatable bonds is 1. The summed E-state index contributed by atoms with van der Waals surface area (Å²) in [6, 6.07) is 2.55. The van der Waals surface area contributed by atoms with Gasteiger partial charge in [0, 0.05) is 10.5 Å². The third kappa shape index (κ3) is 1.49. The lowest BCUT2D eigenvalue weighted by Gasteiger charge is -2.01. The maximum absolute atomic E-state index is 12.8. The van der Waals surface area contributed by atoms with E-state index in [0.717, 1.165) is 0 Å². The SMILES string of the molecule is Cc1c(F)ccc(N=[N+]=[N-])c1Cl. The van der Waals surface area contributed by atoms with Crippen LogP contribution in [0.4, 0.5) is 10.1 Å². The first-order valence-corrected chi connectivity index (χ1v) is 3.54. The lowest BCUT2D eigenvalue weighted by molar-refractivity contribution is 0.619. The van der Waals surface area contributed by atoms with Crippen LogP contribution >= 0.6 is 11.6 Å². The van der Waals surface area contributed by atoms with Crippen molar-refractivity contribution in [2.75, 3.05) is 0 Å². The average Bonchev–Trinajstić information content (AvgIpc) is 2.07. The summed E-state index contributed by atoms with van der Waals surface area (Å²) < 4.78 is 12.8. The average molecular weight is 186 g/mol. The third-order valence-electron chi connectivity index (χ3n) is 1.45. The molecule has 0 spiro atoms. The molecule has 1 aromatic rings. The van der Waals surface area contributed by atoms with Crippen molar-refractivity contribution in [2.24, 2.45) is 5.11 Å². The highest BCUT2D eigenvalue weighted by Crippen LogP contribution is 2.29. The minimum absolute atomic E-state index is 0.160. The van der Waals surface area contributed by atoms with E-state index in [-0.39, 0.29) is 10.7 Å². The van der Waals surface area contributed by atoms with Gasteiger partial charge < -0.3 is 0 Å². The fourth-order valence-corrected chi connectivity index (χ4v) is 0.964. The Bertz CT molecular complexity index is 358. The van der Waals surface area contributed by atoms with E-state index < -0.39 is 5.82 Å². The Hall–Kier alpha value is -1.25. The van der Waals surface area contributed by atoms with E-state index in [2.05, 4.69) is 10.0 Å². The molecule has 1 rings (SSSR count). The first-order chi connectivity index (χ1) is 5.66. The zero-order chi connectivity index (χ0) is 9.14. The van der Waals surface area contributed by atoms with E-state index >= 15 is 0 Å². The Morgan fingerprint density at radius 2 is 2.25 bits per heavy atom. The van der Waals surface area contributed by atoms with Gasteiger partial charge in [-0.1, -0.05) is 16.7 Å². The maximum atomic E-state index is 12.8. The van der Waals surface area contributed by atoms with Crippen molar-refractivity contribution >= 4 is 17.3 Å². The summed E-state index contributed by atoms with van der Waals surface area (Å²) in [7, 11) is 0. The molecule has 0 unspecified atom stereocenters. The van der Waals surface area contributed by atoms with Crippen LogP contribution in [0, 0.1) is 12.7 Å². The highest BCUT2D eigenvalue weighted by Gasteiger charge is 2.05. The molecule has 0 bridgehead atoms. The number of azide groups is 1. The summed E-state index contributed by atoms with van der Waals surface area (Å²) in [5.41, 5.74) is 8.65. The van der Waals surface area contributed by atoms with E-state index in [4.69, 9.17) is 17.1 Å². The molecule has 0 saturated heterocycles. The van der Waals surface area contributed by atoms with Crippen LogP contribution in [-0.2, 0) is 0 Å². The molecule has 1 aromatic carbocycles. The molecule has 0 radical (unpaired) electrons. The molecule has 12 heavy (non-hydrogen) atoms. The first-order valence-electron chi connectivity index (χ1n) is 3.16. The van der Waals surface area contributed by atoms with Crippen LogP contribution in [0.5, 0.6) is 0 Å². The highest BCUT2D eigenvalue weighted by atomic mass is 35.5. The lowest BCUT2D eigenvalue weighted by atomic mass is 10.2. The molecule has 0 fully saturated rings. The molecule has 0 atom stereocenters. The molecule has 0 aromatic heterocycles. The van der Waals surface area contributed by atoms with Crippen molar-refractivity contribution in [3.8, 4) is 0 Å². The quantitative estimate of drug-likeness (QED) is 0.364. The van der Waals surface area contributed by atoms with E-state index in [1.807, 2.05) is 0 Å². The molecular formula is C7H5ClFN3. The molecule has 0 aliphatic rings. The van der Waals surface area contributed by atoms with Crippen molar-refractivity contribution in [3.05, 3.63) is 39.0 Å². The van der Waals surface area contributed by atoms with Crippen LogP contribution < -0.4 is 0 Å². The molecule has 0 heterocycles. The van der Waals surface area contributed by atoms with Gasteiger partial charge in [-0.25, -0.2) is 4.39 Å². The highest BCUT2D eigenvalue weighted by molar-refractivity contribution is 6.33. The van der Waals surface area contributed by atoms with Crippen molar-refractivity contribution in [2.45, 2.75) is 6.92 Å². The number of benzene rings is 1. The molecule has 0 amide bonds. The number of hydrogen-bond acceptors (Lipinski definition) is 1. The van der Waals surface area contributed by atoms with Crippen molar-refractivity contribution < 1.29 is 4.39 Å². The molecule has 3 nitrogen and oxygen atoms in total. The smallest absolute Gasteiger partial charge is 0.127 e. The van der Waals surface area contributed by atoms with E-state index in [1.165, 1.54) is 19.1 Å². The zero-order valence-electron chi connectivity index (χ0n) is 6.25. The largest absolute Gasteiger partial charge is 0.207 e. The Labute approximate surface area is 73.4 Å². The number of halogens is 2. The maximum Gasteiger partial charge on any atom is 0.127 e. The lowest BCUT2D eigenvalue weighted by Crippen LogP contribution is -1.82. The monoisotopic (exact) mass is 185 g/mol. The molecular weight excluding hydrogens is 181 g/mol. The van der Waals surface area contributed by atoms with E-state index in [9.17, 15) is 4.39 Å². The predicted molar refractivity (Wildman–Crippen MR) is 45.0 cm³/mol. The Morgan fingerprint density at radius 3 is 2.83 bits per heavy atom. The molecule has 0 aliphatic heterocycles. The van der Waals surface area contributed by atoms with Gasteiger partial charge in [-0.2, -0.15) is 0 Å². The van der Waals surface area contributed by atoms with Crippen LogP contribution in [0.25, 0.3) is 10.4 Å². The van der Waals surface area contributed by atoms with Gasteiger partial charge in [-0.05, 0) is 24.6 Å². The third-order valence-corrected chi connectivity index (χ3v) is 1.93. The fourth-order valence-electron chi connectivity index (χ4n) is 0.773. The Kier molecular flexibility index (Phi) is 2.53. The van der Waals surface area contributed by atoms with Gasteiger partial charge >= 0.3 is 0 Å². The number of hydrogen-bond donors (Lipinski definition) is 0. The molecule has 0 aliphatic carbocycles. The summed E-state index contributed by atoms with van der Waals surface area (Å²) in [6.45, 7) is 1.52. The van der Waals surface area contributed by atoms with E-state index in [0.29, 0.717) is 5.56 Å². The Balaban J connectivity index is 3.35. The van der Waals surface area contributed by atoms with Crippen LogP contribution in [0.3, 0.4) is 0 Å². The zero-order valence-corrected chi connectivity index (χ0v) is 7.01. The predicted octanol–water partition coefficient (Wildman–Crippen LogP) is 3.73. The van der Waals surface area contributed by atoms with Crippen molar-refractivity contribution in [1.82, 2.24) is 0 Å². The van der Waals surface area contributed by atoms with Crippen LogP contribution in [-0.4, -0.2) is 0 Å². The van der Waals surface area contributed by atoms with Crippen LogP contribution in [0.2, 0.25) is 5.02 Å². The second-order valence-electron chi connectivity index (χ2n) is 2.19. The minimum Gasteiger partial charge on any atom is -0.207 e. The van der Waals surface area contributed by atoms with Crippen molar-refractivity contribution in [1.29, 1.82) is 0 Å². The summed E-state index contributed by atoms with van der Waals surface area (Å²) in [4.78, 5) is 2.56. The fraction of sp³-hybridized carbons (Fsp3) is 0.143. The second-order valence-corrected chi connectivity index (χ2v) is 2.57. The summed E-state index contributed by atoms with van der Waals surface area (Å²) >= 11 is 5.67. The summed E-state index contributed by atoms with van der Waals surface area (Å²) in [5.74, 6) is -0.406. The number of nitrogens with zero attached hydrogens (tertiary/aromatic N) is 3. The van der Waals surface area contributed by atoms with Gasteiger partial charge in [0.25, 0.3) is 0 Å². The van der Waals surface area contributed by atoms with Gasteiger partial charge in [0.1, 0.15) is 5.82 Å². The molecule has 0 N–H and O–H groups in total. The van der Waals surface area contributed by atoms with Gasteiger partial charge in [-0.3, -0.25) is 0 Å². The first kappa shape index (κ1) is 8.84. The Morgan fingerprint density at radius 1 is 1.58 bits per heavy atom.